The summed E-state index contributed by atoms with van der Waals surface area (Å²) in [7, 11) is -3.11. The number of benzene rings is 2. The molecule has 0 spiro atoms. The molecule has 2 aromatic carbocycles. The Bertz CT molecular complexity index is 1020. The van der Waals surface area contributed by atoms with Gasteiger partial charge < -0.3 is 9.64 Å². The SMILES string of the molecule is CCCCCOc1ccc(C(=O)N(Cc2ccc(C(C)(C)C)cc2)[C@@H]2CCS(=O)(=O)C2)cc1. The smallest absolute Gasteiger partial charge is 0.254 e. The first-order chi connectivity index (χ1) is 15.6. The molecule has 0 radical (unpaired) electrons. The minimum Gasteiger partial charge on any atom is -0.494 e. The van der Waals surface area contributed by atoms with Crippen LogP contribution in [-0.2, 0) is 21.8 Å². The molecule has 3 rings (SSSR count). The van der Waals surface area contributed by atoms with Crippen LogP contribution in [0.2, 0.25) is 0 Å². The highest BCUT2D eigenvalue weighted by Gasteiger charge is 2.35. The van der Waals surface area contributed by atoms with Crippen molar-refractivity contribution in [2.75, 3.05) is 18.1 Å². The Morgan fingerprint density at radius 3 is 2.24 bits per heavy atom. The zero-order valence-corrected chi connectivity index (χ0v) is 21.2. The predicted molar refractivity (Wildman–Crippen MR) is 134 cm³/mol. The van der Waals surface area contributed by atoms with E-state index in [0.29, 0.717) is 25.1 Å². The van der Waals surface area contributed by atoms with Gasteiger partial charge in [-0.2, -0.15) is 0 Å². The number of sulfone groups is 1. The summed E-state index contributed by atoms with van der Waals surface area (Å²) in [5, 5.41) is 0. The Morgan fingerprint density at radius 1 is 1.03 bits per heavy atom. The summed E-state index contributed by atoms with van der Waals surface area (Å²) >= 11 is 0. The van der Waals surface area contributed by atoms with Gasteiger partial charge in [-0.15, -0.1) is 0 Å². The van der Waals surface area contributed by atoms with Gasteiger partial charge in [0.25, 0.3) is 5.91 Å². The Morgan fingerprint density at radius 2 is 1.70 bits per heavy atom. The first-order valence-electron chi connectivity index (χ1n) is 11.9. The Kier molecular flexibility index (Phi) is 8.22. The predicted octanol–water partition coefficient (Wildman–Crippen LogP) is 5.38. The second-order valence-corrected chi connectivity index (χ2v) is 12.2. The van der Waals surface area contributed by atoms with Crippen molar-refractivity contribution in [2.24, 2.45) is 0 Å². The van der Waals surface area contributed by atoms with Crippen molar-refractivity contribution in [2.45, 2.75) is 71.4 Å². The molecule has 1 atom stereocenters. The van der Waals surface area contributed by atoms with Crippen LogP contribution in [0, 0.1) is 0 Å². The number of carbonyl (C=O) groups is 1. The zero-order chi connectivity index (χ0) is 24.1. The van der Waals surface area contributed by atoms with Crippen LogP contribution < -0.4 is 4.74 Å². The summed E-state index contributed by atoms with van der Waals surface area (Å²) in [4.78, 5) is 15.2. The van der Waals surface area contributed by atoms with Crippen molar-refractivity contribution in [1.29, 1.82) is 0 Å². The Labute approximate surface area is 199 Å². The summed E-state index contributed by atoms with van der Waals surface area (Å²) < 4.78 is 30.1. The summed E-state index contributed by atoms with van der Waals surface area (Å²) in [5.74, 6) is 0.761. The minimum atomic E-state index is -3.11. The molecule has 1 amide bonds. The van der Waals surface area contributed by atoms with Crippen LogP contribution in [0.1, 0.15) is 74.9 Å². The lowest BCUT2D eigenvalue weighted by molar-refractivity contribution is 0.0681. The number of ether oxygens (including phenoxy) is 1. The van der Waals surface area contributed by atoms with Gasteiger partial charge >= 0.3 is 0 Å². The Hall–Kier alpha value is -2.34. The maximum atomic E-state index is 13.5. The largest absolute Gasteiger partial charge is 0.494 e. The maximum Gasteiger partial charge on any atom is 0.254 e. The van der Waals surface area contributed by atoms with Crippen molar-refractivity contribution in [3.63, 3.8) is 0 Å². The van der Waals surface area contributed by atoms with E-state index in [4.69, 9.17) is 4.74 Å². The molecular weight excluding hydrogens is 434 g/mol. The molecule has 0 bridgehead atoms. The summed E-state index contributed by atoms with van der Waals surface area (Å²) in [6, 6.07) is 15.1. The van der Waals surface area contributed by atoms with Crippen molar-refractivity contribution in [1.82, 2.24) is 4.90 Å². The topological polar surface area (TPSA) is 63.7 Å². The summed E-state index contributed by atoms with van der Waals surface area (Å²) in [6.45, 7) is 9.70. The standard InChI is InChI=1S/C27H37NO4S/c1-5-6-7-17-32-25-14-10-22(11-15-25)26(29)28(24-16-18-33(30,31)20-24)19-21-8-12-23(13-9-21)27(2,3)4/h8-15,24H,5-7,16-20H2,1-4H3/t24-/m1/s1. The van der Waals surface area contributed by atoms with Crippen LogP contribution >= 0.6 is 0 Å². The van der Waals surface area contributed by atoms with Gasteiger partial charge in [-0.3, -0.25) is 4.79 Å². The van der Waals surface area contributed by atoms with Gasteiger partial charge in [-0.1, -0.05) is 64.8 Å². The second-order valence-electron chi connectivity index (χ2n) is 10.0. The van der Waals surface area contributed by atoms with Gasteiger partial charge in [-0.05, 0) is 53.6 Å². The first-order valence-corrected chi connectivity index (χ1v) is 13.7. The van der Waals surface area contributed by atoms with Crippen LogP contribution in [0.15, 0.2) is 48.5 Å². The summed E-state index contributed by atoms with van der Waals surface area (Å²) in [5.41, 5.74) is 2.82. The lowest BCUT2D eigenvalue weighted by Gasteiger charge is -2.29. The fraction of sp³-hybridized carbons (Fsp3) is 0.519. The van der Waals surface area contributed by atoms with Crippen molar-refractivity contribution in [3.8, 4) is 5.75 Å². The van der Waals surface area contributed by atoms with Crippen LogP contribution in [0.25, 0.3) is 0 Å². The van der Waals surface area contributed by atoms with E-state index in [2.05, 4.69) is 39.8 Å². The molecule has 5 nitrogen and oxygen atoms in total. The lowest BCUT2D eigenvalue weighted by atomic mass is 9.86. The van der Waals surface area contributed by atoms with Crippen molar-refractivity contribution in [3.05, 3.63) is 65.2 Å². The fourth-order valence-corrected chi connectivity index (χ4v) is 5.83. The Balaban J connectivity index is 1.77. The van der Waals surface area contributed by atoms with E-state index >= 15 is 0 Å². The zero-order valence-electron chi connectivity index (χ0n) is 20.3. The molecular formula is C27H37NO4S. The molecule has 2 aromatic rings. The van der Waals surface area contributed by atoms with Gasteiger partial charge in [0, 0.05) is 18.2 Å². The van der Waals surface area contributed by atoms with Crippen LogP contribution in [0.4, 0.5) is 0 Å². The number of hydrogen-bond donors (Lipinski definition) is 0. The van der Waals surface area contributed by atoms with E-state index in [9.17, 15) is 13.2 Å². The van der Waals surface area contributed by atoms with Gasteiger partial charge in [-0.25, -0.2) is 8.42 Å². The monoisotopic (exact) mass is 471 g/mol. The molecule has 33 heavy (non-hydrogen) atoms. The van der Waals surface area contributed by atoms with E-state index in [0.717, 1.165) is 30.6 Å². The molecule has 0 aliphatic carbocycles. The molecule has 1 fully saturated rings. The van der Waals surface area contributed by atoms with E-state index in [1.54, 1.807) is 17.0 Å². The molecule has 180 valence electrons. The molecule has 0 aromatic heterocycles. The number of rotatable bonds is 9. The molecule has 6 heteroatoms. The number of unbranched alkanes of at least 4 members (excludes halogenated alkanes) is 2. The third-order valence-corrected chi connectivity index (χ3v) is 7.95. The maximum absolute atomic E-state index is 13.5. The number of nitrogens with zero attached hydrogens (tertiary/aromatic N) is 1. The van der Waals surface area contributed by atoms with E-state index in [1.165, 1.54) is 5.56 Å². The fourth-order valence-electron chi connectivity index (χ4n) is 4.10. The minimum absolute atomic E-state index is 0.0252. The van der Waals surface area contributed by atoms with Gasteiger partial charge in [0.05, 0.1) is 18.1 Å². The molecule has 0 N–H and O–H groups in total. The molecule has 1 heterocycles. The highest BCUT2D eigenvalue weighted by molar-refractivity contribution is 7.91. The molecule has 1 aliphatic heterocycles. The van der Waals surface area contributed by atoms with Crippen LogP contribution in [0.3, 0.4) is 0 Å². The average Bonchev–Trinajstić information content (AvgIpc) is 3.14. The van der Waals surface area contributed by atoms with Crippen LogP contribution in [0.5, 0.6) is 5.75 Å². The number of hydrogen-bond acceptors (Lipinski definition) is 4. The average molecular weight is 472 g/mol. The summed E-state index contributed by atoms with van der Waals surface area (Å²) in [6.07, 6.45) is 3.76. The van der Waals surface area contributed by atoms with Gasteiger partial charge in [0.1, 0.15) is 5.75 Å². The third-order valence-electron chi connectivity index (χ3n) is 6.20. The van der Waals surface area contributed by atoms with Gasteiger partial charge in [0.2, 0.25) is 0 Å². The van der Waals surface area contributed by atoms with E-state index in [1.807, 2.05) is 24.3 Å². The van der Waals surface area contributed by atoms with E-state index in [-0.39, 0.29) is 28.9 Å². The first kappa shape index (κ1) is 25.3. The number of carbonyl (C=O) groups excluding carboxylic acids is 1. The van der Waals surface area contributed by atoms with Gasteiger partial charge in [0.15, 0.2) is 9.84 Å². The van der Waals surface area contributed by atoms with Crippen molar-refractivity contribution >= 4 is 15.7 Å². The van der Waals surface area contributed by atoms with Crippen LogP contribution in [-0.4, -0.2) is 43.4 Å². The highest BCUT2D eigenvalue weighted by atomic mass is 32.2. The quantitative estimate of drug-likeness (QED) is 0.461. The molecule has 1 saturated heterocycles. The molecule has 1 aliphatic rings. The van der Waals surface area contributed by atoms with E-state index < -0.39 is 9.84 Å². The highest BCUT2D eigenvalue weighted by Crippen LogP contribution is 2.26. The molecule has 0 unspecified atom stereocenters. The number of amides is 1. The second kappa shape index (κ2) is 10.7. The normalized spacial score (nSPS) is 17.6. The lowest BCUT2D eigenvalue weighted by Crippen LogP contribution is -2.40. The van der Waals surface area contributed by atoms with Crippen molar-refractivity contribution < 1.29 is 17.9 Å². The third kappa shape index (κ3) is 7.07. The molecule has 0 saturated carbocycles.